The number of amides is 2. The van der Waals surface area contributed by atoms with Crippen molar-refractivity contribution in [1.82, 2.24) is 15.8 Å². The third-order valence-corrected chi connectivity index (χ3v) is 5.20. The normalized spacial score (nSPS) is 23.3. The van der Waals surface area contributed by atoms with E-state index in [9.17, 15) is 9.59 Å². The molecular formula is C16H18BrN3O3S. The lowest BCUT2D eigenvalue weighted by molar-refractivity contribution is -0.143. The molecule has 0 bridgehead atoms. The molecule has 1 saturated carbocycles. The third-order valence-electron chi connectivity index (χ3n) is 4.25. The summed E-state index contributed by atoms with van der Waals surface area (Å²) in [7, 11) is 0. The van der Waals surface area contributed by atoms with Gasteiger partial charge in [0.15, 0.2) is 11.7 Å². The number of thiocarbonyl (C=S) groups is 1. The van der Waals surface area contributed by atoms with Crippen molar-refractivity contribution in [2.45, 2.75) is 31.7 Å². The van der Waals surface area contributed by atoms with Gasteiger partial charge in [-0.15, -0.1) is 0 Å². The number of hydrazine groups is 1. The lowest BCUT2D eigenvalue weighted by atomic mass is 9.83. The Bertz CT molecular complexity index is 670. The van der Waals surface area contributed by atoms with Gasteiger partial charge in [-0.1, -0.05) is 25.0 Å². The van der Waals surface area contributed by atoms with E-state index >= 15 is 0 Å². The highest BCUT2D eigenvalue weighted by Crippen LogP contribution is 2.28. The zero-order valence-electron chi connectivity index (χ0n) is 13.0. The zero-order valence-corrected chi connectivity index (χ0v) is 15.4. The molecule has 128 valence electrons. The SMILES string of the molecule is O=C(COc1ccccc1Br)NN1C(=O)C2CCCCC2NC1=S. The van der Waals surface area contributed by atoms with Crippen molar-refractivity contribution in [3.05, 3.63) is 28.7 Å². The van der Waals surface area contributed by atoms with Crippen LogP contribution in [0.5, 0.6) is 5.75 Å². The number of carbonyl (C=O) groups is 2. The smallest absolute Gasteiger partial charge is 0.276 e. The summed E-state index contributed by atoms with van der Waals surface area (Å²) in [5, 5.41) is 4.55. The summed E-state index contributed by atoms with van der Waals surface area (Å²) in [6.07, 6.45) is 3.87. The number of carbonyl (C=O) groups excluding carboxylic acids is 2. The molecule has 1 aliphatic carbocycles. The van der Waals surface area contributed by atoms with Gasteiger partial charge in [-0.25, -0.2) is 0 Å². The molecule has 24 heavy (non-hydrogen) atoms. The molecule has 2 aliphatic rings. The van der Waals surface area contributed by atoms with E-state index in [4.69, 9.17) is 17.0 Å². The van der Waals surface area contributed by atoms with Gasteiger partial charge >= 0.3 is 0 Å². The lowest BCUT2D eigenvalue weighted by Gasteiger charge is -2.41. The molecule has 0 spiro atoms. The molecule has 1 aromatic rings. The molecule has 2 amide bonds. The number of ether oxygens (including phenoxy) is 1. The van der Waals surface area contributed by atoms with Crippen LogP contribution in [-0.4, -0.2) is 34.6 Å². The standard InChI is InChI=1S/C16H18BrN3O3S/c17-11-6-2-4-8-13(11)23-9-14(21)19-20-15(22)10-5-1-3-7-12(10)18-16(20)24/h2,4,6,8,10,12H,1,3,5,7,9H2,(H,18,24)(H,19,21). The van der Waals surface area contributed by atoms with Gasteiger partial charge in [0, 0.05) is 6.04 Å². The quantitative estimate of drug-likeness (QED) is 0.742. The largest absolute Gasteiger partial charge is 0.483 e. The van der Waals surface area contributed by atoms with E-state index in [0.29, 0.717) is 5.75 Å². The summed E-state index contributed by atoms with van der Waals surface area (Å²) >= 11 is 8.57. The molecule has 2 fully saturated rings. The summed E-state index contributed by atoms with van der Waals surface area (Å²) in [6.45, 7) is -0.205. The molecule has 1 aliphatic heterocycles. The summed E-state index contributed by atoms with van der Waals surface area (Å²) in [5.41, 5.74) is 2.54. The maximum atomic E-state index is 12.6. The summed E-state index contributed by atoms with van der Waals surface area (Å²) in [6, 6.07) is 7.33. The van der Waals surface area contributed by atoms with Crippen molar-refractivity contribution < 1.29 is 14.3 Å². The minimum Gasteiger partial charge on any atom is -0.483 e. The van der Waals surface area contributed by atoms with Crippen LogP contribution in [0.1, 0.15) is 25.7 Å². The van der Waals surface area contributed by atoms with Gasteiger partial charge in [0.2, 0.25) is 0 Å². The number of hydrogen-bond acceptors (Lipinski definition) is 4. The fourth-order valence-electron chi connectivity index (χ4n) is 3.06. The highest BCUT2D eigenvalue weighted by molar-refractivity contribution is 9.10. The van der Waals surface area contributed by atoms with Crippen LogP contribution in [0.25, 0.3) is 0 Å². The van der Waals surface area contributed by atoms with E-state index in [1.54, 1.807) is 6.07 Å². The minimum atomic E-state index is -0.433. The van der Waals surface area contributed by atoms with Gasteiger partial charge in [-0.3, -0.25) is 15.0 Å². The van der Waals surface area contributed by atoms with Crippen LogP contribution in [0, 0.1) is 5.92 Å². The van der Waals surface area contributed by atoms with Crippen LogP contribution in [-0.2, 0) is 9.59 Å². The number of fused-ring (bicyclic) bond motifs is 1. The molecule has 1 aromatic carbocycles. The van der Waals surface area contributed by atoms with Gasteiger partial charge in [0.1, 0.15) is 5.75 Å². The number of halogens is 1. The van der Waals surface area contributed by atoms with Crippen molar-refractivity contribution >= 4 is 45.1 Å². The molecule has 0 radical (unpaired) electrons. The molecule has 3 rings (SSSR count). The molecule has 2 atom stereocenters. The predicted molar refractivity (Wildman–Crippen MR) is 96.1 cm³/mol. The fourth-order valence-corrected chi connectivity index (χ4v) is 3.74. The Hall–Kier alpha value is -1.67. The van der Waals surface area contributed by atoms with E-state index < -0.39 is 5.91 Å². The molecule has 0 aromatic heterocycles. The van der Waals surface area contributed by atoms with E-state index in [-0.39, 0.29) is 29.6 Å². The number of para-hydroxylation sites is 1. The molecule has 2 unspecified atom stereocenters. The molecular weight excluding hydrogens is 394 g/mol. The maximum absolute atomic E-state index is 12.6. The molecule has 8 heteroatoms. The lowest BCUT2D eigenvalue weighted by Crippen LogP contribution is -2.65. The summed E-state index contributed by atoms with van der Waals surface area (Å²) in [4.78, 5) is 24.7. The first-order chi connectivity index (χ1) is 11.6. The number of hydrogen-bond donors (Lipinski definition) is 2. The van der Waals surface area contributed by atoms with Crippen molar-refractivity contribution in [1.29, 1.82) is 0 Å². The molecule has 2 N–H and O–H groups in total. The average Bonchev–Trinajstić information content (AvgIpc) is 2.58. The number of nitrogens with one attached hydrogen (secondary N) is 2. The first kappa shape index (κ1) is 17.2. The summed E-state index contributed by atoms with van der Waals surface area (Å²) < 4.78 is 6.22. The Morgan fingerprint density at radius 1 is 1.38 bits per heavy atom. The second-order valence-electron chi connectivity index (χ2n) is 5.87. The van der Waals surface area contributed by atoms with E-state index in [1.165, 1.54) is 0 Å². The van der Waals surface area contributed by atoms with Crippen LogP contribution in [0.15, 0.2) is 28.7 Å². The Morgan fingerprint density at radius 3 is 2.92 bits per heavy atom. The third kappa shape index (κ3) is 3.70. The number of benzene rings is 1. The highest BCUT2D eigenvalue weighted by atomic mass is 79.9. The van der Waals surface area contributed by atoms with Crippen LogP contribution in [0.4, 0.5) is 0 Å². The maximum Gasteiger partial charge on any atom is 0.276 e. The van der Waals surface area contributed by atoms with E-state index in [0.717, 1.165) is 35.2 Å². The Balaban J connectivity index is 1.58. The monoisotopic (exact) mass is 411 g/mol. The average molecular weight is 412 g/mol. The Kier molecular flexibility index (Phi) is 5.35. The summed E-state index contributed by atoms with van der Waals surface area (Å²) in [5.74, 6) is -0.143. The van der Waals surface area contributed by atoms with Crippen molar-refractivity contribution in [3.8, 4) is 5.75 Å². The number of rotatable bonds is 4. The Morgan fingerprint density at radius 2 is 2.12 bits per heavy atom. The van der Waals surface area contributed by atoms with Crippen LogP contribution < -0.4 is 15.5 Å². The van der Waals surface area contributed by atoms with Crippen molar-refractivity contribution in [3.63, 3.8) is 0 Å². The first-order valence-corrected chi connectivity index (χ1v) is 9.07. The van der Waals surface area contributed by atoms with E-state index in [1.807, 2.05) is 18.2 Å². The second kappa shape index (κ2) is 7.48. The zero-order chi connectivity index (χ0) is 17.1. The van der Waals surface area contributed by atoms with Gasteiger partial charge in [-0.05, 0) is 53.1 Å². The van der Waals surface area contributed by atoms with Crippen molar-refractivity contribution in [2.75, 3.05) is 6.61 Å². The highest BCUT2D eigenvalue weighted by Gasteiger charge is 2.41. The molecule has 6 nitrogen and oxygen atoms in total. The predicted octanol–water partition coefficient (Wildman–Crippen LogP) is 2.13. The van der Waals surface area contributed by atoms with Gasteiger partial charge < -0.3 is 10.1 Å². The second-order valence-corrected chi connectivity index (χ2v) is 7.12. The fraction of sp³-hybridized carbons (Fsp3) is 0.438. The molecule has 1 heterocycles. The van der Waals surface area contributed by atoms with Gasteiger partial charge in [0.25, 0.3) is 11.8 Å². The van der Waals surface area contributed by atoms with E-state index in [2.05, 4.69) is 26.7 Å². The van der Waals surface area contributed by atoms with Gasteiger partial charge in [-0.2, -0.15) is 5.01 Å². The van der Waals surface area contributed by atoms with Crippen molar-refractivity contribution in [2.24, 2.45) is 5.92 Å². The van der Waals surface area contributed by atoms with Crippen LogP contribution in [0.2, 0.25) is 0 Å². The molecule has 1 saturated heterocycles. The first-order valence-electron chi connectivity index (χ1n) is 7.87. The number of nitrogens with zero attached hydrogens (tertiary/aromatic N) is 1. The minimum absolute atomic E-state index is 0.0865. The van der Waals surface area contributed by atoms with Crippen LogP contribution in [0.3, 0.4) is 0 Å². The Labute approximate surface area is 154 Å². The topological polar surface area (TPSA) is 70.7 Å². The van der Waals surface area contributed by atoms with Gasteiger partial charge in [0.05, 0.1) is 10.4 Å². The van der Waals surface area contributed by atoms with Crippen LogP contribution >= 0.6 is 28.1 Å².